The van der Waals surface area contributed by atoms with Gasteiger partial charge in [0.05, 0.1) is 11.8 Å². The van der Waals surface area contributed by atoms with Crippen molar-refractivity contribution in [2.24, 2.45) is 35.5 Å². The van der Waals surface area contributed by atoms with E-state index in [4.69, 9.17) is 0 Å². The number of imide groups is 1. The van der Waals surface area contributed by atoms with E-state index >= 15 is 0 Å². The molecule has 0 aromatic rings. The van der Waals surface area contributed by atoms with Gasteiger partial charge in [-0.3, -0.25) is 19.3 Å². The van der Waals surface area contributed by atoms with Gasteiger partial charge in [-0.2, -0.15) is 0 Å². The molecule has 0 radical (unpaired) electrons. The molecule has 4 fully saturated rings. The van der Waals surface area contributed by atoms with Crippen LogP contribution in [0.15, 0.2) is 12.2 Å². The zero-order chi connectivity index (χ0) is 16.6. The fraction of sp³-hybridized carbons (Fsp3) is 0.737. The van der Waals surface area contributed by atoms with Crippen molar-refractivity contribution in [3.63, 3.8) is 0 Å². The lowest BCUT2D eigenvalue weighted by Crippen LogP contribution is -2.51. The van der Waals surface area contributed by atoms with Crippen molar-refractivity contribution in [3.8, 4) is 0 Å². The van der Waals surface area contributed by atoms with Crippen molar-refractivity contribution < 1.29 is 14.4 Å². The van der Waals surface area contributed by atoms with Gasteiger partial charge in [-0.25, -0.2) is 0 Å². The number of piperidine rings is 1. The molecule has 2 aliphatic heterocycles. The van der Waals surface area contributed by atoms with Crippen molar-refractivity contribution in [2.75, 3.05) is 13.1 Å². The van der Waals surface area contributed by atoms with Crippen LogP contribution >= 0.6 is 0 Å². The summed E-state index contributed by atoms with van der Waals surface area (Å²) in [5.74, 6) is 1.02. The van der Waals surface area contributed by atoms with Crippen molar-refractivity contribution in [3.05, 3.63) is 12.2 Å². The van der Waals surface area contributed by atoms with Crippen molar-refractivity contribution in [2.45, 2.75) is 38.6 Å². The van der Waals surface area contributed by atoms with E-state index in [9.17, 15) is 14.4 Å². The third-order valence-electron chi connectivity index (χ3n) is 7.11. The van der Waals surface area contributed by atoms with Gasteiger partial charge < -0.3 is 4.90 Å². The fourth-order valence-corrected chi connectivity index (χ4v) is 5.85. The highest BCUT2D eigenvalue weighted by Crippen LogP contribution is 2.65. The van der Waals surface area contributed by atoms with E-state index in [1.165, 1.54) is 4.90 Å². The largest absolute Gasteiger partial charge is 0.341 e. The molecule has 3 amide bonds. The molecule has 0 aromatic carbocycles. The van der Waals surface area contributed by atoms with Crippen molar-refractivity contribution in [1.82, 2.24) is 9.80 Å². The molecule has 128 valence electrons. The summed E-state index contributed by atoms with van der Waals surface area (Å²) < 4.78 is 0. The Morgan fingerprint density at radius 2 is 1.54 bits per heavy atom. The second kappa shape index (κ2) is 4.93. The van der Waals surface area contributed by atoms with Crippen LogP contribution in [0.2, 0.25) is 0 Å². The number of amides is 3. The Morgan fingerprint density at radius 1 is 1.00 bits per heavy atom. The SMILES string of the molecule is C[C@@H](C(=O)N1CCCCC1)N1C(=O)[C@@H]2[C@@H]3C=C[C@H]([C@H]4C[C@@H]34)[C@@H]2C1=O. The minimum atomic E-state index is -0.649. The first-order chi connectivity index (χ1) is 11.6. The summed E-state index contributed by atoms with van der Waals surface area (Å²) in [4.78, 5) is 42.0. The quantitative estimate of drug-likeness (QED) is 0.569. The summed E-state index contributed by atoms with van der Waals surface area (Å²) in [7, 11) is 0. The second-order valence-corrected chi connectivity index (χ2v) is 8.26. The van der Waals surface area contributed by atoms with Crippen LogP contribution < -0.4 is 0 Å². The molecule has 24 heavy (non-hydrogen) atoms. The summed E-state index contributed by atoms with van der Waals surface area (Å²) in [6, 6.07) is -0.649. The molecular formula is C19H24N2O3. The zero-order valence-corrected chi connectivity index (χ0v) is 14.1. The van der Waals surface area contributed by atoms with E-state index in [1.807, 2.05) is 4.90 Å². The van der Waals surface area contributed by atoms with Crippen molar-refractivity contribution >= 4 is 17.7 Å². The maximum atomic E-state index is 13.0. The average molecular weight is 328 g/mol. The highest BCUT2D eigenvalue weighted by atomic mass is 16.2. The molecular weight excluding hydrogens is 304 g/mol. The average Bonchev–Trinajstić information content (AvgIpc) is 3.39. The molecule has 0 spiro atoms. The molecule has 5 heteroatoms. The summed E-state index contributed by atoms with van der Waals surface area (Å²) in [6.07, 6.45) is 8.70. The van der Waals surface area contributed by atoms with E-state index in [2.05, 4.69) is 12.2 Å². The Balaban J connectivity index is 1.40. The molecule has 2 bridgehead atoms. The number of carbonyl (C=O) groups excluding carboxylic acids is 3. The Kier molecular flexibility index (Phi) is 3.01. The van der Waals surface area contributed by atoms with Crippen LogP contribution in [0.5, 0.6) is 0 Å². The van der Waals surface area contributed by atoms with E-state index in [0.717, 1.165) is 38.8 Å². The lowest BCUT2D eigenvalue weighted by atomic mass is 9.63. The Hall–Kier alpha value is -1.65. The molecule has 0 N–H and O–H groups in total. The smallest absolute Gasteiger partial charge is 0.245 e. The lowest BCUT2D eigenvalue weighted by molar-refractivity contribution is -0.151. The van der Waals surface area contributed by atoms with Crippen LogP contribution in [0.3, 0.4) is 0 Å². The van der Waals surface area contributed by atoms with Gasteiger partial charge in [-0.05, 0) is 56.3 Å². The van der Waals surface area contributed by atoms with Gasteiger partial charge in [0.15, 0.2) is 0 Å². The molecule has 0 unspecified atom stereocenters. The maximum absolute atomic E-state index is 13.0. The molecule has 7 atom stereocenters. The van der Waals surface area contributed by atoms with Crippen LogP contribution in [0.4, 0.5) is 0 Å². The van der Waals surface area contributed by atoms with Crippen LogP contribution in [-0.4, -0.2) is 46.7 Å². The minimum absolute atomic E-state index is 0.0551. The molecule has 0 aromatic heterocycles. The van der Waals surface area contributed by atoms with Gasteiger partial charge in [0.25, 0.3) is 0 Å². The first kappa shape index (κ1) is 14.7. The summed E-state index contributed by atoms with van der Waals surface area (Å²) in [6.45, 7) is 3.24. The standard InChI is InChI=1S/C19H24N2O3/c1-10(17(22)20-7-3-2-4-8-20)21-18(23)15-11-5-6-12(14-9-13(11)14)16(15)19(21)24/h5-6,10-16H,2-4,7-9H2,1H3/t10-,11+,12+,13-,14+,15+,16-/m0/s1. The van der Waals surface area contributed by atoms with Gasteiger partial charge in [-0.1, -0.05) is 12.2 Å². The molecule has 6 rings (SSSR count). The van der Waals surface area contributed by atoms with E-state index in [0.29, 0.717) is 11.8 Å². The number of carbonyl (C=O) groups is 3. The topological polar surface area (TPSA) is 57.7 Å². The highest BCUT2D eigenvalue weighted by molar-refractivity contribution is 6.09. The van der Waals surface area contributed by atoms with E-state index < -0.39 is 6.04 Å². The minimum Gasteiger partial charge on any atom is -0.341 e. The maximum Gasteiger partial charge on any atom is 0.245 e. The molecule has 5 nitrogen and oxygen atoms in total. The Bertz CT molecular complexity index is 615. The van der Waals surface area contributed by atoms with E-state index in [1.54, 1.807) is 6.92 Å². The third-order valence-corrected chi connectivity index (χ3v) is 7.11. The predicted octanol–water partition coefficient (Wildman–Crippen LogP) is 1.44. The van der Waals surface area contributed by atoms with E-state index in [-0.39, 0.29) is 41.4 Å². The monoisotopic (exact) mass is 328 g/mol. The van der Waals surface area contributed by atoms with Crippen molar-refractivity contribution in [1.29, 1.82) is 0 Å². The fourth-order valence-electron chi connectivity index (χ4n) is 5.85. The number of rotatable bonds is 2. The zero-order valence-electron chi connectivity index (χ0n) is 14.1. The normalized spacial score (nSPS) is 43.7. The number of likely N-dealkylation sites (tertiary alicyclic amines) is 2. The molecule has 2 saturated heterocycles. The van der Waals surface area contributed by atoms with Crippen LogP contribution in [-0.2, 0) is 14.4 Å². The molecule has 4 aliphatic carbocycles. The number of allylic oxidation sites excluding steroid dienone is 2. The first-order valence-corrected chi connectivity index (χ1v) is 9.43. The van der Waals surface area contributed by atoms with Gasteiger partial charge in [0.2, 0.25) is 17.7 Å². The predicted molar refractivity (Wildman–Crippen MR) is 86.4 cm³/mol. The third kappa shape index (κ3) is 1.78. The number of hydrogen-bond acceptors (Lipinski definition) is 3. The Labute approximate surface area is 142 Å². The lowest BCUT2D eigenvalue weighted by Gasteiger charge is -2.37. The summed E-state index contributed by atoms with van der Waals surface area (Å²) >= 11 is 0. The van der Waals surface area contributed by atoms with Crippen LogP contribution in [0, 0.1) is 35.5 Å². The van der Waals surface area contributed by atoms with Gasteiger partial charge >= 0.3 is 0 Å². The summed E-state index contributed by atoms with van der Waals surface area (Å²) in [5, 5.41) is 0. The second-order valence-electron chi connectivity index (χ2n) is 8.26. The van der Waals surface area contributed by atoms with Crippen LogP contribution in [0.1, 0.15) is 32.6 Å². The molecule has 2 saturated carbocycles. The number of hydrogen-bond donors (Lipinski definition) is 0. The van der Waals surface area contributed by atoms with Gasteiger partial charge in [-0.15, -0.1) is 0 Å². The van der Waals surface area contributed by atoms with Crippen LogP contribution in [0.25, 0.3) is 0 Å². The number of nitrogens with zero attached hydrogens (tertiary/aromatic N) is 2. The summed E-state index contributed by atoms with van der Waals surface area (Å²) in [5.41, 5.74) is 0. The highest BCUT2D eigenvalue weighted by Gasteiger charge is 2.67. The first-order valence-electron chi connectivity index (χ1n) is 9.43. The van der Waals surface area contributed by atoms with Gasteiger partial charge in [0, 0.05) is 13.1 Å². The molecule has 6 aliphatic rings. The Morgan fingerprint density at radius 3 is 2.08 bits per heavy atom. The molecule has 2 heterocycles. The van der Waals surface area contributed by atoms with Gasteiger partial charge in [0.1, 0.15) is 6.04 Å².